The van der Waals surface area contributed by atoms with Crippen LogP contribution in [0.2, 0.25) is 5.02 Å². The van der Waals surface area contributed by atoms with Crippen molar-refractivity contribution in [1.29, 1.82) is 0 Å². The van der Waals surface area contributed by atoms with Gasteiger partial charge in [-0.25, -0.2) is 4.98 Å². The lowest BCUT2D eigenvalue weighted by Gasteiger charge is -2.09. The van der Waals surface area contributed by atoms with Crippen molar-refractivity contribution < 1.29 is 0 Å². The molecule has 16 heavy (non-hydrogen) atoms. The van der Waals surface area contributed by atoms with Crippen molar-refractivity contribution in [1.82, 2.24) is 4.98 Å². The van der Waals surface area contributed by atoms with Crippen molar-refractivity contribution in [2.24, 2.45) is 0 Å². The first-order valence-electron chi connectivity index (χ1n) is 5.24. The highest BCUT2D eigenvalue weighted by Gasteiger charge is 2.27. The van der Waals surface area contributed by atoms with Crippen LogP contribution in [0.3, 0.4) is 0 Å². The van der Waals surface area contributed by atoms with Gasteiger partial charge in [0.25, 0.3) is 0 Å². The second-order valence-electron chi connectivity index (χ2n) is 4.01. The number of hydrogen-bond acceptors (Lipinski definition) is 3. The summed E-state index contributed by atoms with van der Waals surface area (Å²) < 4.78 is 0. The summed E-state index contributed by atoms with van der Waals surface area (Å²) >= 11 is 7.63. The molecule has 1 aromatic carbocycles. The Kier molecular flexibility index (Phi) is 2.37. The molecule has 0 spiro atoms. The lowest BCUT2D eigenvalue weighted by atomic mass is 9.99. The molecule has 4 heteroatoms. The number of aromatic nitrogens is 1. The first-order chi connectivity index (χ1) is 7.74. The number of anilines is 1. The fourth-order valence-corrected chi connectivity index (χ4v) is 3.53. The van der Waals surface area contributed by atoms with Gasteiger partial charge < -0.3 is 5.73 Å². The highest BCUT2D eigenvalue weighted by molar-refractivity contribution is 7.15. The Morgan fingerprint density at radius 2 is 2.31 bits per heavy atom. The minimum Gasteiger partial charge on any atom is -0.375 e. The Balaban J connectivity index is 2.03. The molecule has 1 unspecified atom stereocenters. The van der Waals surface area contributed by atoms with Crippen molar-refractivity contribution in [3.8, 4) is 0 Å². The van der Waals surface area contributed by atoms with E-state index in [4.69, 9.17) is 17.3 Å². The van der Waals surface area contributed by atoms with E-state index in [0.29, 0.717) is 11.0 Å². The zero-order valence-corrected chi connectivity index (χ0v) is 10.2. The molecule has 2 N–H and O–H groups in total. The van der Waals surface area contributed by atoms with E-state index in [1.54, 1.807) is 11.3 Å². The maximum Gasteiger partial charge on any atom is 0.180 e. The normalized spacial score (nSPS) is 18.7. The lowest BCUT2D eigenvalue weighted by Crippen LogP contribution is -1.93. The number of nitrogen functional groups attached to an aromatic ring is 1. The molecule has 0 saturated heterocycles. The number of nitrogens with two attached hydrogens (primary N) is 1. The average molecular weight is 251 g/mol. The molecule has 0 saturated carbocycles. The van der Waals surface area contributed by atoms with Gasteiger partial charge in [-0.1, -0.05) is 23.7 Å². The Morgan fingerprint density at radius 3 is 3.12 bits per heavy atom. The molecular formula is C12H11ClN2S. The summed E-state index contributed by atoms with van der Waals surface area (Å²) in [5.41, 5.74) is 8.19. The van der Waals surface area contributed by atoms with Gasteiger partial charge in [-0.05, 0) is 30.5 Å². The topological polar surface area (TPSA) is 38.9 Å². The summed E-state index contributed by atoms with van der Waals surface area (Å²) in [6.07, 6.45) is 2.15. The third kappa shape index (κ3) is 1.60. The zero-order chi connectivity index (χ0) is 11.1. The molecule has 0 aliphatic heterocycles. The summed E-state index contributed by atoms with van der Waals surface area (Å²) in [4.78, 5) is 5.67. The van der Waals surface area contributed by atoms with Crippen LogP contribution in [0.1, 0.15) is 28.5 Å². The van der Waals surface area contributed by atoms with Crippen LogP contribution in [-0.4, -0.2) is 4.98 Å². The molecule has 1 aliphatic rings. The predicted molar refractivity (Wildman–Crippen MR) is 68.1 cm³/mol. The molecule has 3 rings (SSSR count). The number of fused-ring (bicyclic) bond motifs is 1. The van der Waals surface area contributed by atoms with Crippen LogP contribution in [0.4, 0.5) is 5.13 Å². The second kappa shape index (κ2) is 3.75. The molecule has 2 aromatic rings. The quantitative estimate of drug-likeness (QED) is 0.842. The summed E-state index contributed by atoms with van der Waals surface area (Å²) in [5, 5.41) is 1.47. The first-order valence-corrected chi connectivity index (χ1v) is 6.44. The zero-order valence-electron chi connectivity index (χ0n) is 8.61. The number of benzene rings is 1. The molecule has 0 amide bonds. The van der Waals surface area contributed by atoms with Gasteiger partial charge in [-0.3, -0.25) is 0 Å². The van der Waals surface area contributed by atoms with Gasteiger partial charge in [-0.2, -0.15) is 0 Å². The summed E-state index contributed by atoms with van der Waals surface area (Å²) in [6, 6.07) is 8.07. The largest absolute Gasteiger partial charge is 0.375 e. The van der Waals surface area contributed by atoms with Gasteiger partial charge in [0.1, 0.15) is 0 Å². The van der Waals surface area contributed by atoms with Crippen LogP contribution in [0, 0.1) is 0 Å². The van der Waals surface area contributed by atoms with Crippen LogP contribution < -0.4 is 5.73 Å². The van der Waals surface area contributed by atoms with Crippen molar-refractivity contribution in [3.05, 3.63) is 45.4 Å². The van der Waals surface area contributed by atoms with Crippen molar-refractivity contribution in [2.75, 3.05) is 5.73 Å². The summed E-state index contributed by atoms with van der Waals surface area (Å²) in [7, 11) is 0. The monoisotopic (exact) mass is 250 g/mol. The van der Waals surface area contributed by atoms with Crippen LogP contribution >= 0.6 is 22.9 Å². The van der Waals surface area contributed by atoms with Gasteiger partial charge in [0.2, 0.25) is 0 Å². The fraction of sp³-hybridized carbons (Fsp3) is 0.250. The lowest BCUT2D eigenvalue weighted by molar-refractivity contribution is 0.791. The van der Waals surface area contributed by atoms with E-state index in [1.165, 1.54) is 16.1 Å². The van der Waals surface area contributed by atoms with Crippen LogP contribution in [0.25, 0.3) is 0 Å². The smallest absolute Gasteiger partial charge is 0.180 e. The number of thiazole rings is 1. The molecule has 0 fully saturated rings. The van der Waals surface area contributed by atoms with Gasteiger partial charge in [0.05, 0.1) is 5.69 Å². The highest BCUT2D eigenvalue weighted by atomic mass is 35.5. The van der Waals surface area contributed by atoms with Crippen LogP contribution in [-0.2, 0) is 6.42 Å². The minimum atomic E-state index is 0.434. The Morgan fingerprint density at radius 1 is 1.44 bits per heavy atom. The molecule has 2 nitrogen and oxygen atoms in total. The Labute approximate surface area is 103 Å². The van der Waals surface area contributed by atoms with E-state index >= 15 is 0 Å². The van der Waals surface area contributed by atoms with E-state index in [1.807, 2.05) is 18.2 Å². The molecule has 0 bridgehead atoms. The minimum absolute atomic E-state index is 0.434. The molecule has 82 valence electrons. The summed E-state index contributed by atoms with van der Waals surface area (Å²) in [5.74, 6) is 0.434. The number of aryl methyl sites for hydroxylation is 1. The first kappa shape index (κ1) is 10.1. The maximum absolute atomic E-state index is 6.02. The van der Waals surface area contributed by atoms with E-state index in [0.717, 1.165) is 17.9 Å². The fourth-order valence-electron chi connectivity index (χ4n) is 2.29. The Bertz CT molecular complexity index is 536. The van der Waals surface area contributed by atoms with E-state index in [2.05, 4.69) is 11.1 Å². The number of rotatable bonds is 1. The molecule has 1 atom stereocenters. The highest BCUT2D eigenvalue weighted by Crippen LogP contribution is 2.42. The summed E-state index contributed by atoms with van der Waals surface area (Å²) in [6.45, 7) is 0. The third-order valence-electron chi connectivity index (χ3n) is 2.98. The van der Waals surface area contributed by atoms with Crippen LogP contribution in [0.15, 0.2) is 24.3 Å². The van der Waals surface area contributed by atoms with E-state index < -0.39 is 0 Å². The average Bonchev–Trinajstić information content (AvgIpc) is 2.76. The number of nitrogens with zero attached hydrogens (tertiary/aromatic N) is 1. The van der Waals surface area contributed by atoms with E-state index in [9.17, 15) is 0 Å². The molecular weight excluding hydrogens is 240 g/mol. The van der Waals surface area contributed by atoms with Crippen molar-refractivity contribution in [3.63, 3.8) is 0 Å². The number of hydrogen-bond donors (Lipinski definition) is 1. The maximum atomic E-state index is 6.02. The van der Waals surface area contributed by atoms with E-state index in [-0.39, 0.29) is 0 Å². The van der Waals surface area contributed by atoms with Crippen molar-refractivity contribution in [2.45, 2.75) is 18.8 Å². The van der Waals surface area contributed by atoms with Crippen LogP contribution in [0.5, 0.6) is 0 Å². The van der Waals surface area contributed by atoms with Gasteiger partial charge >= 0.3 is 0 Å². The molecule has 1 aromatic heterocycles. The van der Waals surface area contributed by atoms with Gasteiger partial charge in [0, 0.05) is 15.8 Å². The van der Waals surface area contributed by atoms with Crippen molar-refractivity contribution >= 4 is 28.1 Å². The van der Waals surface area contributed by atoms with Gasteiger partial charge in [0.15, 0.2) is 5.13 Å². The Hall–Kier alpha value is -1.06. The predicted octanol–water partition coefficient (Wildman–Crippen LogP) is 3.46. The third-order valence-corrected chi connectivity index (χ3v) is 4.26. The second-order valence-corrected chi connectivity index (χ2v) is 5.51. The SMILES string of the molecule is Nc1nc2c(s1)C(c1cccc(Cl)c1)CC2. The standard InChI is InChI=1S/C12H11ClN2S/c13-8-3-1-2-7(6-8)9-4-5-10-11(9)16-12(14)15-10/h1-3,6,9H,4-5H2,(H2,14,15). The molecule has 0 radical (unpaired) electrons. The van der Waals surface area contributed by atoms with Gasteiger partial charge in [-0.15, -0.1) is 11.3 Å². The number of halogens is 1. The molecule has 1 heterocycles. The molecule has 1 aliphatic carbocycles.